The number of benzene rings is 1. The molecule has 0 bridgehead atoms. The number of ether oxygens (including phenoxy) is 1. The highest BCUT2D eigenvalue weighted by Gasteiger charge is 2.35. The van der Waals surface area contributed by atoms with Crippen molar-refractivity contribution in [3.8, 4) is 28.1 Å². The van der Waals surface area contributed by atoms with Crippen LogP contribution >= 0.6 is 0 Å². The molecule has 0 saturated carbocycles. The first-order valence-corrected chi connectivity index (χ1v) is 10.6. The van der Waals surface area contributed by atoms with Gasteiger partial charge in [0.05, 0.1) is 31.3 Å². The number of methoxy groups -OCH3 is 1. The highest BCUT2D eigenvalue weighted by atomic mass is 16.5. The van der Waals surface area contributed by atoms with Gasteiger partial charge in [-0.05, 0) is 29.8 Å². The maximum atomic E-state index is 9.86. The number of fused-ring (bicyclic) bond motifs is 1. The number of aliphatic hydroxyl groups is 1. The number of nitrogens with one attached hydrogen (secondary N) is 2. The lowest BCUT2D eigenvalue weighted by atomic mass is 9.85. The first-order chi connectivity index (χ1) is 16.0. The molecule has 1 aliphatic heterocycles. The molecule has 0 fully saturated rings. The fraction of sp³-hybridized carbons (Fsp3) is 0.250. The topological polar surface area (TPSA) is 110 Å². The second-order valence-corrected chi connectivity index (χ2v) is 8.40. The summed E-state index contributed by atoms with van der Waals surface area (Å²) in [6.07, 6.45) is 7.26. The van der Waals surface area contributed by atoms with E-state index in [9.17, 15) is 5.11 Å². The van der Waals surface area contributed by atoms with Crippen molar-refractivity contribution in [3.05, 3.63) is 60.7 Å². The lowest BCUT2D eigenvalue weighted by Crippen LogP contribution is -2.28. The minimum absolute atomic E-state index is 0.0452. The molecule has 1 atom stereocenters. The fourth-order valence-electron chi connectivity index (χ4n) is 3.97. The van der Waals surface area contributed by atoms with Gasteiger partial charge in [0.25, 0.3) is 0 Å². The Kier molecular flexibility index (Phi) is 5.18. The number of pyridine rings is 1. The molecule has 9 nitrogen and oxygen atoms in total. The SMILES string of the molecule is COc1cc(-c2cnn(C)c2)ccc1Nc1nccc(-c2cnc3c(c2)C(C)(CO)CN3)n1. The third kappa shape index (κ3) is 3.87. The summed E-state index contributed by atoms with van der Waals surface area (Å²) in [5, 5.41) is 20.6. The van der Waals surface area contributed by atoms with Crippen LogP contribution < -0.4 is 15.4 Å². The van der Waals surface area contributed by atoms with Crippen LogP contribution in [0.2, 0.25) is 0 Å². The van der Waals surface area contributed by atoms with Crippen LogP contribution in [0, 0.1) is 0 Å². The summed E-state index contributed by atoms with van der Waals surface area (Å²) >= 11 is 0. The van der Waals surface area contributed by atoms with E-state index in [1.807, 2.05) is 56.7 Å². The maximum absolute atomic E-state index is 9.86. The van der Waals surface area contributed by atoms with Crippen LogP contribution in [-0.2, 0) is 12.5 Å². The molecule has 0 radical (unpaired) electrons. The Morgan fingerprint density at radius 1 is 1.15 bits per heavy atom. The van der Waals surface area contributed by atoms with E-state index in [0.29, 0.717) is 18.2 Å². The van der Waals surface area contributed by atoms with Crippen molar-refractivity contribution in [2.45, 2.75) is 12.3 Å². The zero-order valence-corrected chi connectivity index (χ0v) is 18.7. The van der Waals surface area contributed by atoms with Crippen molar-refractivity contribution in [2.24, 2.45) is 7.05 Å². The van der Waals surface area contributed by atoms with Crippen molar-refractivity contribution in [1.29, 1.82) is 0 Å². The lowest BCUT2D eigenvalue weighted by molar-refractivity contribution is 0.218. The third-order valence-electron chi connectivity index (χ3n) is 5.97. The van der Waals surface area contributed by atoms with E-state index >= 15 is 0 Å². The molecule has 0 amide bonds. The predicted octanol–water partition coefficient (Wildman–Crippen LogP) is 3.37. The van der Waals surface area contributed by atoms with Gasteiger partial charge in [-0.3, -0.25) is 4.68 Å². The second kappa shape index (κ2) is 8.18. The molecular formula is C24H25N7O2. The minimum atomic E-state index is -0.365. The summed E-state index contributed by atoms with van der Waals surface area (Å²) in [5.41, 5.74) is 4.99. The zero-order chi connectivity index (χ0) is 23.0. The van der Waals surface area contributed by atoms with Gasteiger partial charge in [0.1, 0.15) is 11.6 Å². The molecule has 5 rings (SSSR count). The molecular weight excluding hydrogens is 418 g/mol. The predicted molar refractivity (Wildman–Crippen MR) is 127 cm³/mol. The van der Waals surface area contributed by atoms with Crippen molar-refractivity contribution in [2.75, 3.05) is 30.9 Å². The molecule has 1 aliphatic rings. The summed E-state index contributed by atoms with van der Waals surface area (Å²) in [4.78, 5) is 13.6. The van der Waals surface area contributed by atoms with Gasteiger partial charge < -0.3 is 20.5 Å². The van der Waals surface area contributed by atoms with Gasteiger partial charge in [0.15, 0.2) is 0 Å². The molecule has 3 aromatic heterocycles. The smallest absolute Gasteiger partial charge is 0.227 e. The average molecular weight is 444 g/mol. The summed E-state index contributed by atoms with van der Waals surface area (Å²) in [6.45, 7) is 2.72. The molecule has 9 heteroatoms. The highest BCUT2D eigenvalue weighted by molar-refractivity contribution is 5.73. The molecule has 1 unspecified atom stereocenters. The maximum Gasteiger partial charge on any atom is 0.227 e. The molecule has 0 spiro atoms. The quantitative estimate of drug-likeness (QED) is 0.416. The fourth-order valence-corrected chi connectivity index (χ4v) is 3.97. The van der Waals surface area contributed by atoms with Gasteiger partial charge in [-0.15, -0.1) is 0 Å². The molecule has 168 valence electrons. The van der Waals surface area contributed by atoms with Crippen molar-refractivity contribution in [3.63, 3.8) is 0 Å². The Morgan fingerprint density at radius 3 is 2.79 bits per heavy atom. The largest absolute Gasteiger partial charge is 0.495 e. The van der Waals surface area contributed by atoms with Crippen LogP contribution in [0.15, 0.2) is 55.1 Å². The molecule has 0 saturated heterocycles. The molecule has 0 aliphatic carbocycles. The number of nitrogens with zero attached hydrogens (tertiary/aromatic N) is 5. The van der Waals surface area contributed by atoms with Gasteiger partial charge in [0.2, 0.25) is 5.95 Å². The first-order valence-electron chi connectivity index (χ1n) is 10.6. The monoisotopic (exact) mass is 443 g/mol. The van der Waals surface area contributed by atoms with Crippen LogP contribution in [0.5, 0.6) is 5.75 Å². The van der Waals surface area contributed by atoms with Crippen LogP contribution in [0.3, 0.4) is 0 Å². The van der Waals surface area contributed by atoms with Crippen LogP contribution in [0.4, 0.5) is 17.5 Å². The summed E-state index contributed by atoms with van der Waals surface area (Å²) in [5.74, 6) is 1.93. The van der Waals surface area contributed by atoms with E-state index < -0.39 is 0 Å². The summed E-state index contributed by atoms with van der Waals surface area (Å²) < 4.78 is 7.37. The Labute approximate surface area is 191 Å². The first kappa shape index (κ1) is 20.9. The Balaban J connectivity index is 1.43. The van der Waals surface area contributed by atoms with Crippen LogP contribution in [0.25, 0.3) is 22.4 Å². The normalized spacial score (nSPS) is 16.8. The van der Waals surface area contributed by atoms with Crippen molar-refractivity contribution < 1.29 is 9.84 Å². The van der Waals surface area contributed by atoms with Gasteiger partial charge in [-0.1, -0.05) is 13.0 Å². The van der Waals surface area contributed by atoms with Crippen molar-refractivity contribution >= 4 is 17.5 Å². The van der Waals surface area contributed by atoms with Crippen molar-refractivity contribution in [1.82, 2.24) is 24.7 Å². The van der Waals surface area contributed by atoms with Gasteiger partial charge in [-0.25, -0.2) is 15.0 Å². The van der Waals surface area contributed by atoms with E-state index in [0.717, 1.165) is 39.5 Å². The van der Waals surface area contributed by atoms with Gasteiger partial charge in [-0.2, -0.15) is 5.10 Å². The molecule has 1 aromatic carbocycles. The Hall–Kier alpha value is -3.98. The lowest BCUT2D eigenvalue weighted by Gasteiger charge is -2.20. The van der Waals surface area contributed by atoms with Gasteiger partial charge in [0, 0.05) is 54.3 Å². The standard InChI is InChI=1S/C24H25N7O2/c1-24(14-32)13-27-22-18(24)8-16(10-26-22)19-6-7-25-23(29-19)30-20-5-4-15(9-21(20)33-3)17-11-28-31(2)12-17/h4-12,32H,13-14H2,1-3H3,(H,26,27)(H,25,29,30). The van der Waals surface area contributed by atoms with E-state index in [2.05, 4.69) is 30.7 Å². The van der Waals surface area contributed by atoms with E-state index in [4.69, 9.17) is 4.74 Å². The highest BCUT2D eigenvalue weighted by Crippen LogP contribution is 2.37. The van der Waals surface area contributed by atoms with E-state index in [-0.39, 0.29) is 12.0 Å². The Bertz CT molecular complexity index is 1320. The van der Waals surface area contributed by atoms with Crippen LogP contribution in [0.1, 0.15) is 12.5 Å². The molecule has 33 heavy (non-hydrogen) atoms. The second-order valence-electron chi connectivity index (χ2n) is 8.40. The number of aromatic nitrogens is 5. The van der Waals surface area contributed by atoms with E-state index in [1.54, 1.807) is 24.2 Å². The number of rotatable bonds is 6. The number of aliphatic hydroxyl groups excluding tert-OH is 1. The Morgan fingerprint density at radius 2 is 2.03 bits per heavy atom. The third-order valence-corrected chi connectivity index (χ3v) is 5.97. The summed E-state index contributed by atoms with van der Waals surface area (Å²) in [6, 6.07) is 9.77. The molecule has 4 heterocycles. The number of hydrogen-bond acceptors (Lipinski definition) is 8. The number of anilines is 3. The average Bonchev–Trinajstić information content (AvgIpc) is 3.43. The zero-order valence-electron chi connectivity index (χ0n) is 18.7. The minimum Gasteiger partial charge on any atom is -0.495 e. The number of hydrogen-bond donors (Lipinski definition) is 3. The van der Waals surface area contributed by atoms with Crippen LogP contribution in [-0.4, -0.2) is 50.1 Å². The van der Waals surface area contributed by atoms with E-state index in [1.165, 1.54) is 0 Å². The molecule has 3 N–H and O–H groups in total. The van der Waals surface area contributed by atoms with Gasteiger partial charge >= 0.3 is 0 Å². The number of aryl methyl sites for hydroxylation is 1. The summed E-state index contributed by atoms with van der Waals surface area (Å²) in [7, 11) is 3.52. The molecule has 4 aromatic rings.